The SMILES string of the molecule is CC[C@H](C)C(NC(=O)OC(C)(C)C)C(=O)C=O. The standard InChI is InChI=1S/C12H21NO4/c1-6-8(2)10(9(15)7-14)13-11(16)17-12(3,4)5/h7-8,10H,6H2,1-5H3,(H,13,16)/t8-,10?/m0/s1. The van der Waals surface area contributed by atoms with E-state index in [2.05, 4.69) is 5.32 Å². The number of carbonyl (C=O) groups excluding carboxylic acids is 3. The van der Waals surface area contributed by atoms with Crippen LogP contribution in [0, 0.1) is 5.92 Å². The number of amides is 1. The van der Waals surface area contributed by atoms with Crippen LogP contribution in [0.3, 0.4) is 0 Å². The summed E-state index contributed by atoms with van der Waals surface area (Å²) in [5.41, 5.74) is -0.631. The van der Waals surface area contributed by atoms with Crippen molar-refractivity contribution in [2.75, 3.05) is 0 Å². The highest BCUT2D eigenvalue weighted by Gasteiger charge is 2.27. The molecule has 0 aliphatic carbocycles. The summed E-state index contributed by atoms with van der Waals surface area (Å²) in [6.45, 7) is 8.86. The molecule has 1 amide bonds. The fourth-order valence-electron chi connectivity index (χ4n) is 1.24. The van der Waals surface area contributed by atoms with E-state index in [-0.39, 0.29) is 12.2 Å². The van der Waals surface area contributed by atoms with Crippen molar-refractivity contribution in [3.63, 3.8) is 0 Å². The number of hydrogen-bond acceptors (Lipinski definition) is 4. The Labute approximate surface area is 102 Å². The number of rotatable bonds is 5. The number of carbonyl (C=O) groups is 3. The van der Waals surface area contributed by atoms with Crippen molar-refractivity contribution in [1.82, 2.24) is 5.32 Å². The van der Waals surface area contributed by atoms with Crippen LogP contribution < -0.4 is 5.32 Å². The van der Waals surface area contributed by atoms with Gasteiger partial charge in [0, 0.05) is 0 Å². The summed E-state index contributed by atoms with van der Waals surface area (Å²) >= 11 is 0. The largest absolute Gasteiger partial charge is 0.444 e. The zero-order chi connectivity index (χ0) is 13.6. The molecule has 0 aliphatic heterocycles. The van der Waals surface area contributed by atoms with Gasteiger partial charge in [0.05, 0.1) is 0 Å². The van der Waals surface area contributed by atoms with Gasteiger partial charge in [-0.1, -0.05) is 20.3 Å². The molecule has 0 saturated heterocycles. The summed E-state index contributed by atoms with van der Waals surface area (Å²) in [7, 11) is 0. The number of hydrogen-bond donors (Lipinski definition) is 1. The van der Waals surface area contributed by atoms with Gasteiger partial charge in [0.1, 0.15) is 11.6 Å². The molecule has 0 heterocycles. The predicted octanol–water partition coefficient (Wildman–Crippen LogP) is 1.69. The molecule has 0 spiro atoms. The maximum absolute atomic E-state index is 11.5. The highest BCUT2D eigenvalue weighted by Crippen LogP contribution is 2.11. The van der Waals surface area contributed by atoms with Crippen LogP contribution in [-0.4, -0.2) is 29.8 Å². The Morgan fingerprint density at radius 3 is 2.24 bits per heavy atom. The van der Waals surface area contributed by atoms with Gasteiger partial charge >= 0.3 is 6.09 Å². The van der Waals surface area contributed by atoms with Crippen LogP contribution in [0.2, 0.25) is 0 Å². The topological polar surface area (TPSA) is 72.5 Å². The second kappa shape index (κ2) is 6.37. The van der Waals surface area contributed by atoms with E-state index in [1.807, 2.05) is 6.92 Å². The van der Waals surface area contributed by atoms with E-state index in [9.17, 15) is 14.4 Å². The molecule has 1 unspecified atom stereocenters. The number of ether oxygens (including phenoxy) is 1. The first-order valence-electron chi connectivity index (χ1n) is 5.69. The molecule has 0 saturated carbocycles. The Balaban J connectivity index is 4.60. The predicted molar refractivity (Wildman–Crippen MR) is 63.7 cm³/mol. The van der Waals surface area contributed by atoms with Crippen LogP contribution in [0.1, 0.15) is 41.0 Å². The second-order valence-corrected chi connectivity index (χ2v) is 5.03. The van der Waals surface area contributed by atoms with Crippen molar-refractivity contribution in [3.8, 4) is 0 Å². The van der Waals surface area contributed by atoms with Gasteiger partial charge in [0.2, 0.25) is 5.78 Å². The molecule has 0 aromatic carbocycles. The zero-order valence-electron chi connectivity index (χ0n) is 11.1. The molecule has 0 aromatic heterocycles. The van der Waals surface area contributed by atoms with Gasteiger partial charge in [0.15, 0.2) is 6.29 Å². The monoisotopic (exact) mass is 243 g/mol. The molecule has 0 aliphatic rings. The van der Waals surface area contributed by atoms with E-state index in [4.69, 9.17) is 4.74 Å². The molecule has 0 fully saturated rings. The molecule has 0 radical (unpaired) electrons. The number of Topliss-reactive ketones (excluding diaryl/α,β-unsaturated/α-hetero) is 1. The number of aldehydes is 1. The first-order chi connectivity index (χ1) is 7.71. The molecule has 2 atom stereocenters. The lowest BCUT2D eigenvalue weighted by Gasteiger charge is -2.24. The van der Waals surface area contributed by atoms with Gasteiger partial charge in [-0.25, -0.2) is 4.79 Å². The lowest BCUT2D eigenvalue weighted by Crippen LogP contribution is -2.47. The van der Waals surface area contributed by atoms with Crippen molar-refractivity contribution in [2.45, 2.75) is 52.7 Å². The maximum Gasteiger partial charge on any atom is 0.408 e. The highest BCUT2D eigenvalue weighted by atomic mass is 16.6. The van der Waals surface area contributed by atoms with Gasteiger partial charge in [-0.2, -0.15) is 0 Å². The number of ketones is 1. The van der Waals surface area contributed by atoms with Gasteiger partial charge in [-0.05, 0) is 26.7 Å². The number of nitrogens with one attached hydrogen (secondary N) is 1. The minimum Gasteiger partial charge on any atom is -0.444 e. The summed E-state index contributed by atoms with van der Waals surface area (Å²) < 4.78 is 5.04. The number of alkyl carbamates (subject to hydrolysis) is 1. The van der Waals surface area contributed by atoms with E-state index in [0.29, 0.717) is 6.42 Å². The first-order valence-corrected chi connectivity index (χ1v) is 5.69. The molecule has 5 heteroatoms. The molecule has 17 heavy (non-hydrogen) atoms. The second-order valence-electron chi connectivity index (χ2n) is 5.03. The summed E-state index contributed by atoms with van der Waals surface area (Å²) in [4.78, 5) is 33.4. The molecule has 1 N–H and O–H groups in total. The molecular weight excluding hydrogens is 222 g/mol. The summed E-state index contributed by atoms with van der Waals surface area (Å²) in [6.07, 6.45) is 0.229. The minimum atomic E-state index is -0.813. The van der Waals surface area contributed by atoms with Gasteiger partial charge in [0.25, 0.3) is 0 Å². The molecule has 0 aromatic rings. The molecular formula is C12H21NO4. The summed E-state index contributed by atoms with van der Waals surface area (Å²) in [6, 6.07) is -0.813. The smallest absolute Gasteiger partial charge is 0.408 e. The van der Waals surface area contributed by atoms with E-state index in [1.165, 1.54) is 0 Å². The molecule has 98 valence electrons. The Morgan fingerprint density at radius 2 is 1.88 bits per heavy atom. The van der Waals surface area contributed by atoms with Crippen LogP contribution in [0.4, 0.5) is 4.79 Å². The van der Waals surface area contributed by atoms with E-state index in [1.54, 1.807) is 27.7 Å². The van der Waals surface area contributed by atoms with Gasteiger partial charge in [-0.3, -0.25) is 9.59 Å². The quantitative estimate of drug-likeness (QED) is 0.589. The molecule has 0 rings (SSSR count). The third-order valence-corrected chi connectivity index (χ3v) is 2.31. The molecule has 5 nitrogen and oxygen atoms in total. The fourth-order valence-corrected chi connectivity index (χ4v) is 1.24. The Kier molecular flexibility index (Phi) is 5.85. The summed E-state index contributed by atoms with van der Waals surface area (Å²) in [5, 5.41) is 2.43. The Morgan fingerprint density at radius 1 is 1.35 bits per heavy atom. The van der Waals surface area contributed by atoms with Crippen LogP contribution in [0.15, 0.2) is 0 Å². The van der Waals surface area contributed by atoms with Crippen molar-refractivity contribution in [3.05, 3.63) is 0 Å². The molecule has 0 bridgehead atoms. The van der Waals surface area contributed by atoms with Crippen molar-refractivity contribution < 1.29 is 19.1 Å². The zero-order valence-corrected chi connectivity index (χ0v) is 11.1. The summed E-state index contributed by atoms with van der Waals surface area (Å²) in [5.74, 6) is -0.745. The van der Waals surface area contributed by atoms with Gasteiger partial charge in [-0.15, -0.1) is 0 Å². The average molecular weight is 243 g/mol. The van der Waals surface area contributed by atoms with Gasteiger partial charge < -0.3 is 10.1 Å². The fraction of sp³-hybridized carbons (Fsp3) is 0.750. The van der Waals surface area contributed by atoms with Crippen LogP contribution in [-0.2, 0) is 14.3 Å². The third-order valence-electron chi connectivity index (χ3n) is 2.31. The van der Waals surface area contributed by atoms with Crippen molar-refractivity contribution >= 4 is 18.2 Å². The average Bonchev–Trinajstić information content (AvgIpc) is 2.21. The lowest BCUT2D eigenvalue weighted by molar-refractivity contribution is -0.132. The highest BCUT2D eigenvalue weighted by molar-refractivity contribution is 6.27. The van der Waals surface area contributed by atoms with Crippen LogP contribution >= 0.6 is 0 Å². The maximum atomic E-state index is 11.5. The van der Waals surface area contributed by atoms with Crippen LogP contribution in [0.25, 0.3) is 0 Å². The van der Waals surface area contributed by atoms with Crippen molar-refractivity contribution in [1.29, 1.82) is 0 Å². The van der Waals surface area contributed by atoms with E-state index in [0.717, 1.165) is 0 Å². The normalized spacial score (nSPS) is 14.6. The third kappa shape index (κ3) is 6.04. The first kappa shape index (κ1) is 15.6. The lowest BCUT2D eigenvalue weighted by atomic mass is 9.96. The Hall–Kier alpha value is -1.39. The minimum absolute atomic E-state index is 0.111. The Bertz CT molecular complexity index is 293. The van der Waals surface area contributed by atoms with E-state index >= 15 is 0 Å². The van der Waals surface area contributed by atoms with E-state index < -0.39 is 23.5 Å². The van der Waals surface area contributed by atoms with Crippen LogP contribution in [0.5, 0.6) is 0 Å². The van der Waals surface area contributed by atoms with Crippen molar-refractivity contribution in [2.24, 2.45) is 5.92 Å².